The second kappa shape index (κ2) is 6.94. The van der Waals surface area contributed by atoms with Gasteiger partial charge in [0.15, 0.2) is 0 Å². The molecule has 100 valence electrons. The van der Waals surface area contributed by atoms with Crippen LogP contribution in [0, 0.1) is 0 Å². The van der Waals surface area contributed by atoms with Crippen molar-refractivity contribution in [3.63, 3.8) is 0 Å². The lowest BCUT2D eigenvalue weighted by Crippen LogP contribution is -2.31. The summed E-state index contributed by atoms with van der Waals surface area (Å²) in [7, 11) is 0. The number of nitrogens with one attached hydrogen (secondary N) is 1. The van der Waals surface area contributed by atoms with Crippen LogP contribution in [0.15, 0.2) is 24.3 Å². The van der Waals surface area contributed by atoms with Gasteiger partial charge < -0.3 is 5.32 Å². The Labute approximate surface area is 112 Å². The number of hydrogen-bond donors (Lipinski definition) is 1. The van der Waals surface area contributed by atoms with E-state index in [1.807, 2.05) is 0 Å². The van der Waals surface area contributed by atoms with E-state index in [0.29, 0.717) is 6.04 Å². The third-order valence-corrected chi connectivity index (χ3v) is 4.12. The van der Waals surface area contributed by atoms with Gasteiger partial charge in [-0.3, -0.25) is 0 Å². The molecule has 2 atom stereocenters. The third kappa shape index (κ3) is 3.35. The fourth-order valence-electron chi connectivity index (χ4n) is 3.15. The molecule has 0 aliphatic heterocycles. The summed E-state index contributed by atoms with van der Waals surface area (Å²) in [5, 5.41) is 3.72. The van der Waals surface area contributed by atoms with E-state index < -0.39 is 0 Å². The maximum atomic E-state index is 3.72. The minimum absolute atomic E-state index is 0.710. The van der Waals surface area contributed by atoms with Crippen molar-refractivity contribution in [1.29, 1.82) is 0 Å². The summed E-state index contributed by atoms with van der Waals surface area (Å²) in [6.07, 6.45) is 7.77. The van der Waals surface area contributed by atoms with Crippen LogP contribution in [0.25, 0.3) is 0 Å². The zero-order valence-corrected chi connectivity index (χ0v) is 11.9. The molecule has 0 saturated heterocycles. The molecular formula is C17H27N. The largest absolute Gasteiger partial charge is 0.313 e. The van der Waals surface area contributed by atoms with Crippen molar-refractivity contribution in [2.45, 2.75) is 64.3 Å². The Morgan fingerprint density at radius 1 is 1.06 bits per heavy atom. The fraction of sp³-hybridized carbons (Fsp3) is 0.647. The molecule has 1 saturated carbocycles. The van der Waals surface area contributed by atoms with Gasteiger partial charge in [0.2, 0.25) is 0 Å². The van der Waals surface area contributed by atoms with Crippen molar-refractivity contribution in [2.75, 3.05) is 6.54 Å². The molecule has 1 aromatic carbocycles. The fourth-order valence-corrected chi connectivity index (χ4v) is 3.15. The Kier molecular flexibility index (Phi) is 5.25. The Balaban J connectivity index is 2.00. The molecule has 1 aromatic rings. The molecule has 2 rings (SSSR count). The van der Waals surface area contributed by atoms with E-state index in [9.17, 15) is 0 Å². The smallest absolute Gasteiger partial charge is 0.0136 e. The Morgan fingerprint density at radius 3 is 2.50 bits per heavy atom. The second-order valence-electron chi connectivity index (χ2n) is 5.59. The van der Waals surface area contributed by atoms with Gasteiger partial charge >= 0.3 is 0 Å². The molecule has 0 aromatic heterocycles. The third-order valence-electron chi connectivity index (χ3n) is 4.12. The summed E-state index contributed by atoms with van der Waals surface area (Å²) in [4.78, 5) is 0. The minimum Gasteiger partial charge on any atom is -0.313 e. The van der Waals surface area contributed by atoms with Crippen molar-refractivity contribution in [1.82, 2.24) is 5.32 Å². The summed E-state index contributed by atoms with van der Waals surface area (Å²) in [6, 6.07) is 10.1. The molecular weight excluding hydrogens is 218 g/mol. The first-order valence-corrected chi connectivity index (χ1v) is 7.67. The molecule has 1 N–H and O–H groups in total. The predicted molar refractivity (Wildman–Crippen MR) is 79.1 cm³/mol. The summed E-state index contributed by atoms with van der Waals surface area (Å²) in [5.41, 5.74) is 3.03. The number of hydrogen-bond acceptors (Lipinski definition) is 1. The Hall–Kier alpha value is -0.820. The zero-order valence-electron chi connectivity index (χ0n) is 11.9. The average molecular weight is 245 g/mol. The van der Waals surface area contributed by atoms with Gasteiger partial charge in [-0.15, -0.1) is 0 Å². The average Bonchev–Trinajstić information content (AvgIpc) is 2.86. The van der Waals surface area contributed by atoms with Gasteiger partial charge in [-0.25, -0.2) is 0 Å². The van der Waals surface area contributed by atoms with E-state index >= 15 is 0 Å². The first-order chi connectivity index (χ1) is 8.85. The standard InChI is InChI=1S/C17H27N/c1-3-6-14-9-11-15(12-10-14)16-7-5-8-17(16)18-13-4-2/h9-12,16-18H,3-8,13H2,1-2H3. The molecule has 1 heteroatoms. The summed E-state index contributed by atoms with van der Waals surface area (Å²) >= 11 is 0. The summed E-state index contributed by atoms with van der Waals surface area (Å²) in [5.74, 6) is 0.743. The van der Waals surface area contributed by atoms with Crippen molar-refractivity contribution in [3.8, 4) is 0 Å². The molecule has 1 nitrogen and oxygen atoms in total. The van der Waals surface area contributed by atoms with Crippen molar-refractivity contribution in [2.24, 2.45) is 0 Å². The van der Waals surface area contributed by atoms with Gasteiger partial charge in [-0.05, 0) is 49.3 Å². The van der Waals surface area contributed by atoms with Crippen LogP contribution in [-0.2, 0) is 6.42 Å². The first-order valence-electron chi connectivity index (χ1n) is 7.67. The van der Waals surface area contributed by atoms with E-state index in [0.717, 1.165) is 12.5 Å². The van der Waals surface area contributed by atoms with Gasteiger partial charge in [0.25, 0.3) is 0 Å². The van der Waals surface area contributed by atoms with E-state index in [4.69, 9.17) is 0 Å². The SMILES string of the molecule is CCCNC1CCCC1c1ccc(CCC)cc1. The highest BCUT2D eigenvalue weighted by atomic mass is 14.9. The number of aryl methyl sites for hydroxylation is 1. The van der Waals surface area contributed by atoms with E-state index in [-0.39, 0.29) is 0 Å². The van der Waals surface area contributed by atoms with Crippen LogP contribution in [0.3, 0.4) is 0 Å². The van der Waals surface area contributed by atoms with Crippen LogP contribution in [0.1, 0.15) is 63.0 Å². The second-order valence-corrected chi connectivity index (χ2v) is 5.59. The van der Waals surface area contributed by atoms with Crippen LogP contribution < -0.4 is 5.32 Å². The Bertz CT molecular complexity index is 341. The normalized spacial score (nSPS) is 23.4. The highest BCUT2D eigenvalue weighted by Gasteiger charge is 2.27. The quantitative estimate of drug-likeness (QED) is 0.789. The molecule has 0 radical (unpaired) electrons. The molecule has 18 heavy (non-hydrogen) atoms. The molecule has 0 amide bonds. The van der Waals surface area contributed by atoms with Gasteiger partial charge in [0.1, 0.15) is 0 Å². The minimum atomic E-state index is 0.710. The van der Waals surface area contributed by atoms with Crippen LogP contribution in [0.4, 0.5) is 0 Å². The van der Waals surface area contributed by atoms with Crippen LogP contribution in [0.2, 0.25) is 0 Å². The maximum absolute atomic E-state index is 3.72. The molecule has 0 spiro atoms. The van der Waals surface area contributed by atoms with Crippen molar-refractivity contribution >= 4 is 0 Å². The molecule has 0 bridgehead atoms. The molecule has 1 aliphatic carbocycles. The van der Waals surface area contributed by atoms with Gasteiger partial charge in [-0.2, -0.15) is 0 Å². The number of benzene rings is 1. The number of rotatable bonds is 6. The topological polar surface area (TPSA) is 12.0 Å². The first kappa shape index (κ1) is 13.6. The van der Waals surface area contributed by atoms with Gasteiger partial charge in [-0.1, -0.05) is 51.0 Å². The van der Waals surface area contributed by atoms with Crippen LogP contribution in [0.5, 0.6) is 0 Å². The van der Waals surface area contributed by atoms with E-state index in [1.165, 1.54) is 44.1 Å². The molecule has 1 fully saturated rings. The lowest BCUT2D eigenvalue weighted by Gasteiger charge is -2.21. The van der Waals surface area contributed by atoms with Gasteiger partial charge in [0, 0.05) is 6.04 Å². The Morgan fingerprint density at radius 2 is 1.83 bits per heavy atom. The van der Waals surface area contributed by atoms with E-state index in [1.54, 1.807) is 5.56 Å². The van der Waals surface area contributed by atoms with Gasteiger partial charge in [0.05, 0.1) is 0 Å². The zero-order chi connectivity index (χ0) is 12.8. The van der Waals surface area contributed by atoms with Crippen molar-refractivity contribution < 1.29 is 0 Å². The molecule has 1 aliphatic rings. The van der Waals surface area contributed by atoms with E-state index in [2.05, 4.69) is 43.4 Å². The summed E-state index contributed by atoms with van der Waals surface area (Å²) < 4.78 is 0. The molecule has 0 heterocycles. The molecule has 2 unspecified atom stereocenters. The highest BCUT2D eigenvalue weighted by Crippen LogP contribution is 2.34. The van der Waals surface area contributed by atoms with Crippen molar-refractivity contribution in [3.05, 3.63) is 35.4 Å². The highest BCUT2D eigenvalue weighted by molar-refractivity contribution is 5.27. The van der Waals surface area contributed by atoms with Crippen LogP contribution in [-0.4, -0.2) is 12.6 Å². The summed E-state index contributed by atoms with van der Waals surface area (Å²) in [6.45, 7) is 5.65. The maximum Gasteiger partial charge on any atom is 0.0136 e. The monoisotopic (exact) mass is 245 g/mol. The van der Waals surface area contributed by atoms with Crippen LogP contribution >= 0.6 is 0 Å². The lowest BCUT2D eigenvalue weighted by molar-refractivity contribution is 0.479. The predicted octanol–water partition coefficient (Wildman–Crippen LogP) is 4.27. The lowest BCUT2D eigenvalue weighted by atomic mass is 9.92.